The van der Waals surface area contributed by atoms with Crippen molar-refractivity contribution in [1.29, 1.82) is 0 Å². The molecule has 0 heterocycles. The molecule has 3 heteroatoms. The number of unbranched alkanes of at least 4 members (excludes halogenated alkanes) is 12. The van der Waals surface area contributed by atoms with E-state index in [2.05, 4.69) is 6.92 Å². The van der Waals surface area contributed by atoms with Gasteiger partial charge in [0.1, 0.15) is 5.75 Å². The van der Waals surface area contributed by atoms with Gasteiger partial charge in [0, 0.05) is 12.0 Å². The number of hydrogen-bond acceptors (Lipinski definition) is 3. The Labute approximate surface area is 206 Å². The normalized spacial score (nSPS) is 11.1. The molecule has 0 spiro atoms. The Morgan fingerprint density at radius 3 is 1.76 bits per heavy atom. The molecule has 184 valence electrons. The summed E-state index contributed by atoms with van der Waals surface area (Å²) >= 11 is 0. The fourth-order valence-corrected chi connectivity index (χ4v) is 3.99. The summed E-state index contributed by atoms with van der Waals surface area (Å²) in [6.07, 6.45) is 20.6. The van der Waals surface area contributed by atoms with Gasteiger partial charge in [-0.15, -0.1) is 0 Å². The first-order valence-electron chi connectivity index (χ1n) is 13.3. The van der Waals surface area contributed by atoms with Crippen LogP contribution < -0.4 is 4.74 Å². The number of benzene rings is 2. The predicted octanol–water partition coefficient (Wildman–Crippen LogP) is 8.97. The zero-order valence-corrected chi connectivity index (χ0v) is 21.0. The minimum absolute atomic E-state index is 0.0334. The van der Waals surface area contributed by atoms with Gasteiger partial charge in [0.15, 0.2) is 5.78 Å². The first kappa shape index (κ1) is 27.6. The highest BCUT2D eigenvalue weighted by molar-refractivity contribution is 6.06. The number of carbonyl (C=O) groups is 2. The van der Waals surface area contributed by atoms with Gasteiger partial charge >= 0.3 is 5.97 Å². The van der Waals surface area contributed by atoms with E-state index in [4.69, 9.17) is 4.74 Å². The Bertz CT molecular complexity index is 837. The Kier molecular flexibility index (Phi) is 14.4. The maximum Gasteiger partial charge on any atom is 0.311 e. The van der Waals surface area contributed by atoms with E-state index in [0.29, 0.717) is 17.7 Å². The lowest BCUT2D eigenvalue weighted by Crippen LogP contribution is -2.07. The van der Waals surface area contributed by atoms with E-state index in [9.17, 15) is 9.59 Å². The van der Waals surface area contributed by atoms with Crippen molar-refractivity contribution >= 4 is 17.8 Å². The summed E-state index contributed by atoms with van der Waals surface area (Å²) in [5.74, 6) is 0.339. The van der Waals surface area contributed by atoms with Gasteiger partial charge in [-0.25, -0.2) is 0 Å². The SMILES string of the molecule is CCCCCCCCCCCCCCCC(=O)Oc1ccc(/C=C/C(=O)c2ccccc2)cc1. The van der Waals surface area contributed by atoms with E-state index in [1.54, 1.807) is 36.4 Å². The zero-order valence-electron chi connectivity index (χ0n) is 21.0. The van der Waals surface area contributed by atoms with E-state index < -0.39 is 0 Å². The molecule has 0 aliphatic carbocycles. The number of rotatable bonds is 18. The van der Waals surface area contributed by atoms with Gasteiger partial charge in [-0.2, -0.15) is 0 Å². The van der Waals surface area contributed by atoms with Gasteiger partial charge in [0.25, 0.3) is 0 Å². The third kappa shape index (κ3) is 12.5. The van der Waals surface area contributed by atoms with Crippen molar-refractivity contribution in [3.05, 3.63) is 71.8 Å². The van der Waals surface area contributed by atoms with Crippen LogP contribution in [0.2, 0.25) is 0 Å². The summed E-state index contributed by atoms with van der Waals surface area (Å²) in [6, 6.07) is 16.4. The molecule has 34 heavy (non-hydrogen) atoms. The molecule has 0 atom stereocenters. The monoisotopic (exact) mass is 462 g/mol. The summed E-state index contributed by atoms with van der Waals surface area (Å²) in [6.45, 7) is 2.26. The summed E-state index contributed by atoms with van der Waals surface area (Å²) < 4.78 is 5.44. The maximum atomic E-state index is 12.1. The van der Waals surface area contributed by atoms with E-state index in [0.717, 1.165) is 18.4 Å². The second-order valence-electron chi connectivity index (χ2n) is 9.10. The topological polar surface area (TPSA) is 43.4 Å². The van der Waals surface area contributed by atoms with Crippen LogP contribution >= 0.6 is 0 Å². The molecule has 2 aromatic carbocycles. The molecule has 0 saturated carbocycles. The molecule has 0 aliphatic heterocycles. The molecule has 0 aromatic heterocycles. The summed E-state index contributed by atoms with van der Waals surface area (Å²) in [5.41, 5.74) is 1.55. The highest BCUT2D eigenvalue weighted by Gasteiger charge is 2.05. The molecule has 0 fully saturated rings. The minimum Gasteiger partial charge on any atom is -0.427 e. The second-order valence-corrected chi connectivity index (χ2v) is 9.10. The van der Waals surface area contributed by atoms with Crippen LogP contribution in [0.15, 0.2) is 60.7 Å². The fraction of sp³-hybridized carbons (Fsp3) is 0.484. The molecule has 2 aromatic rings. The highest BCUT2D eigenvalue weighted by Crippen LogP contribution is 2.16. The number of allylic oxidation sites excluding steroid dienone is 1. The third-order valence-electron chi connectivity index (χ3n) is 6.08. The lowest BCUT2D eigenvalue weighted by atomic mass is 10.0. The number of hydrogen-bond donors (Lipinski definition) is 0. The fourth-order valence-electron chi connectivity index (χ4n) is 3.99. The van der Waals surface area contributed by atoms with Crippen molar-refractivity contribution in [2.24, 2.45) is 0 Å². The molecule has 0 saturated heterocycles. The first-order chi connectivity index (χ1) is 16.7. The van der Waals surface area contributed by atoms with Crippen molar-refractivity contribution in [2.75, 3.05) is 0 Å². The largest absolute Gasteiger partial charge is 0.427 e. The van der Waals surface area contributed by atoms with Gasteiger partial charge in [-0.1, -0.05) is 133 Å². The molecule has 2 rings (SSSR count). The molecule has 0 amide bonds. The van der Waals surface area contributed by atoms with Gasteiger partial charge < -0.3 is 4.74 Å². The number of ether oxygens (including phenoxy) is 1. The van der Waals surface area contributed by atoms with Crippen molar-refractivity contribution in [3.8, 4) is 5.75 Å². The highest BCUT2D eigenvalue weighted by atomic mass is 16.5. The molecular weight excluding hydrogens is 420 g/mol. The first-order valence-corrected chi connectivity index (χ1v) is 13.3. The van der Waals surface area contributed by atoms with Crippen molar-refractivity contribution in [3.63, 3.8) is 0 Å². The lowest BCUT2D eigenvalue weighted by molar-refractivity contribution is -0.134. The van der Waals surface area contributed by atoms with Crippen LogP contribution in [0.5, 0.6) is 5.75 Å². The number of esters is 1. The van der Waals surface area contributed by atoms with Gasteiger partial charge in [-0.05, 0) is 30.2 Å². The van der Waals surface area contributed by atoms with Crippen molar-refractivity contribution in [1.82, 2.24) is 0 Å². The average molecular weight is 463 g/mol. The molecule has 0 radical (unpaired) electrons. The molecule has 0 unspecified atom stereocenters. The van der Waals surface area contributed by atoms with Crippen molar-refractivity contribution < 1.29 is 14.3 Å². The Morgan fingerprint density at radius 1 is 0.676 bits per heavy atom. The second kappa shape index (κ2) is 17.8. The van der Waals surface area contributed by atoms with Crippen LogP contribution in [0, 0.1) is 0 Å². The quantitative estimate of drug-likeness (QED) is 0.0730. The molecule has 0 bridgehead atoms. The van der Waals surface area contributed by atoms with Crippen LogP contribution in [0.4, 0.5) is 0 Å². The third-order valence-corrected chi connectivity index (χ3v) is 6.08. The van der Waals surface area contributed by atoms with Crippen LogP contribution in [-0.2, 0) is 4.79 Å². The van der Waals surface area contributed by atoms with E-state index in [-0.39, 0.29) is 11.8 Å². The average Bonchev–Trinajstić information content (AvgIpc) is 2.86. The Hall–Kier alpha value is -2.68. The van der Waals surface area contributed by atoms with Crippen LogP contribution in [0.1, 0.15) is 113 Å². The zero-order chi connectivity index (χ0) is 24.3. The Balaban J connectivity index is 1.51. The molecular formula is C31H42O3. The van der Waals surface area contributed by atoms with Crippen LogP contribution in [0.25, 0.3) is 6.08 Å². The van der Waals surface area contributed by atoms with Gasteiger partial charge in [0.05, 0.1) is 0 Å². The van der Waals surface area contributed by atoms with E-state index in [1.807, 2.05) is 30.3 Å². The molecule has 0 aliphatic rings. The van der Waals surface area contributed by atoms with Gasteiger partial charge in [0.2, 0.25) is 0 Å². The van der Waals surface area contributed by atoms with Crippen LogP contribution in [-0.4, -0.2) is 11.8 Å². The standard InChI is InChI=1S/C31H42O3/c1-2-3-4-5-6-7-8-9-10-11-12-13-17-20-31(33)34-29-24-21-27(22-25-29)23-26-30(32)28-18-15-14-16-19-28/h14-16,18-19,21-26H,2-13,17,20H2,1H3/b26-23+. The van der Waals surface area contributed by atoms with E-state index >= 15 is 0 Å². The number of carbonyl (C=O) groups excluding carboxylic acids is 2. The Morgan fingerprint density at radius 2 is 1.21 bits per heavy atom. The van der Waals surface area contributed by atoms with Crippen molar-refractivity contribution in [2.45, 2.75) is 96.8 Å². The summed E-state index contributed by atoms with van der Waals surface area (Å²) in [7, 11) is 0. The van der Waals surface area contributed by atoms with Gasteiger partial charge in [-0.3, -0.25) is 9.59 Å². The van der Waals surface area contributed by atoms with E-state index in [1.165, 1.54) is 70.6 Å². The number of ketones is 1. The summed E-state index contributed by atoms with van der Waals surface area (Å²) in [4.78, 5) is 24.2. The van der Waals surface area contributed by atoms with Crippen LogP contribution in [0.3, 0.4) is 0 Å². The molecule has 0 N–H and O–H groups in total. The smallest absolute Gasteiger partial charge is 0.311 e. The predicted molar refractivity (Wildman–Crippen MR) is 142 cm³/mol. The lowest BCUT2D eigenvalue weighted by Gasteiger charge is -2.05. The maximum absolute atomic E-state index is 12.1. The minimum atomic E-state index is -0.175. The molecule has 3 nitrogen and oxygen atoms in total. The summed E-state index contributed by atoms with van der Waals surface area (Å²) in [5, 5.41) is 0.